The predicted molar refractivity (Wildman–Crippen MR) is 89.3 cm³/mol. The van der Waals surface area contributed by atoms with E-state index in [1.807, 2.05) is 0 Å². The normalized spacial score (nSPS) is 13.8. The van der Waals surface area contributed by atoms with E-state index in [1.165, 1.54) is 38.2 Å². The first-order chi connectivity index (χ1) is 11.5. The Morgan fingerprint density at radius 2 is 1.40 bits per heavy atom. The van der Waals surface area contributed by atoms with E-state index in [4.69, 9.17) is 0 Å². The average molecular weight is 389 g/mol. The third-order valence-corrected chi connectivity index (χ3v) is 7.00. The van der Waals surface area contributed by atoms with Gasteiger partial charge < -0.3 is 0 Å². The topological polar surface area (TPSA) is 71.5 Å². The zero-order chi connectivity index (χ0) is 19.0. The van der Waals surface area contributed by atoms with Crippen LogP contribution >= 0.6 is 0 Å². The minimum absolute atomic E-state index is 0.0918. The molecule has 0 N–H and O–H groups in total. The lowest BCUT2D eigenvalue weighted by Crippen LogP contribution is -2.31. The van der Waals surface area contributed by atoms with Crippen LogP contribution in [0.5, 0.6) is 0 Å². The molecule has 2 aromatic carbocycles. The minimum Gasteiger partial charge on any atom is -0.224 e. The van der Waals surface area contributed by atoms with Crippen molar-refractivity contribution in [3.05, 3.63) is 59.7 Å². The molecule has 0 radical (unpaired) electrons. The number of benzene rings is 2. The van der Waals surface area contributed by atoms with Crippen LogP contribution in [0.1, 0.15) is 18.5 Å². The van der Waals surface area contributed by atoms with Crippen molar-refractivity contribution >= 4 is 19.9 Å². The number of sulfone groups is 1. The van der Waals surface area contributed by atoms with Gasteiger partial charge in [-0.3, -0.25) is 0 Å². The molecule has 0 heterocycles. The summed E-state index contributed by atoms with van der Waals surface area (Å²) in [6.07, 6.45) is 1.06. The van der Waals surface area contributed by atoms with Gasteiger partial charge in [-0.2, -0.15) is 4.31 Å². The summed E-state index contributed by atoms with van der Waals surface area (Å²) in [5.74, 6) is -2.35. The fourth-order valence-corrected chi connectivity index (χ4v) is 4.37. The van der Waals surface area contributed by atoms with Gasteiger partial charge in [-0.25, -0.2) is 25.6 Å². The summed E-state index contributed by atoms with van der Waals surface area (Å²) in [5, 5.41) is 0. The molecular formula is C16H17F2NO4S2. The van der Waals surface area contributed by atoms with Crippen LogP contribution in [0, 0.1) is 11.6 Å². The second-order valence-corrected chi connectivity index (χ2v) is 9.54. The molecule has 9 heteroatoms. The molecule has 136 valence electrons. The van der Waals surface area contributed by atoms with Gasteiger partial charge in [0.15, 0.2) is 14.7 Å². The van der Waals surface area contributed by atoms with E-state index in [9.17, 15) is 25.6 Å². The van der Waals surface area contributed by atoms with Crippen molar-refractivity contribution in [3.8, 4) is 0 Å². The Balaban J connectivity index is 2.41. The highest BCUT2D eigenvalue weighted by Crippen LogP contribution is 2.29. The SMILES string of the molecule is CC(c1ccc(S(C)(=O)=O)cc1)N(C)S(=O)(=O)c1c(F)cccc1F. The summed E-state index contributed by atoms with van der Waals surface area (Å²) < 4.78 is 76.6. The van der Waals surface area contributed by atoms with Gasteiger partial charge in [0, 0.05) is 19.3 Å². The van der Waals surface area contributed by atoms with Crippen LogP contribution in [0.2, 0.25) is 0 Å². The van der Waals surface area contributed by atoms with Gasteiger partial charge in [-0.1, -0.05) is 18.2 Å². The van der Waals surface area contributed by atoms with Gasteiger partial charge in [0.2, 0.25) is 10.0 Å². The molecule has 0 spiro atoms. The van der Waals surface area contributed by atoms with Gasteiger partial charge in [-0.05, 0) is 36.8 Å². The van der Waals surface area contributed by atoms with Crippen molar-refractivity contribution in [2.24, 2.45) is 0 Å². The van der Waals surface area contributed by atoms with E-state index in [0.717, 1.165) is 28.8 Å². The highest BCUT2D eigenvalue weighted by molar-refractivity contribution is 7.90. The molecule has 0 saturated heterocycles. The first-order valence-electron chi connectivity index (χ1n) is 7.18. The monoisotopic (exact) mass is 389 g/mol. The molecule has 2 aromatic rings. The van der Waals surface area contributed by atoms with Crippen LogP contribution in [0.25, 0.3) is 0 Å². The third kappa shape index (κ3) is 3.88. The second-order valence-electron chi connectivity index (χ2n) is 5.59. The van der Waals surface area contributed by atoms with Crippen LogP contribution < -0.4 is 0 Å². The quantitative estimate of drug-likeness (QED) is 0.788. The molecule has 0 aromatic heterocycles. The van der Waals surface area contributed by atoms with Crippen LogP contribution in [0.3, 0.4) is 0 Å². The van der Waals surface area contributed by atoms with Crippen molar-refractivity contribution in [1.82, 2.24) is 4.31 Å². The number of sulfonamides is 1. The third-order valence-electron chi connectivity index (χ3n) is 3.89. The van der Waals surface area contributed by atoms with Crippen LogP contribution in [0.4, 0.5) is 8.78 Å². The summed E-state index contributed by atoms with van der Waals surface area (Å²) in [5.41, 5.74) is 0.482. The molecule has 0 bridgehead atoms. The fraction of sp³-hybridized carbons (Fsp3) is 0.250. The Hall–Kier alpha value is -1.84. The van der Waals surface area contributed by atoms with Crippen molar-refractivity contribution in [1.29, 1.82) is 0 Å². The summed E-state index contributed by atoms with van der Waals surface area (Å²) >= 11 is 0. The molecule has 0 saturated carbocycles. The lowest BCUT2D eigenvalue weighted by molar-refractivity contribution is 0.390. The van der Waals surface area contributed by atoms with Gasteiger partial charge in [0.25, 0.3) is 0 Å². The number of rotatable bonds is 5. The number of hydrogen-bond acceptors (Lipinski definition) is 4. The van der Waals surface area contributed by atoms with Crippen LogP contribution in [-0.4, -0.2) is 34.4 Å². The van der Waals surface area contributed by atoms with Crippen molar-refractivity contribution in [2.75, 3.05) is 13.3 Å². The van der Waals surface area contributed by atoms with Crippen LogP contribution in [0.15, 0.2) is 52.3 Å². The van der Waals surface area contributed by atoms with E-state index in [2.05, 4.69) is 0 Å². The van der Waals surface area contributed by atoms with E-state index in [-0.39, 0.29) is 4.90 Å². The Bertz CT molecular complexity index is 967. The van der Waals surface area contributed by atoms with Gasteiger partial charge in [0.05, 0.1) is 4.90 Å². The maximum absolute atomic E-state index is 13.8. The smallest absolute Gasteiger partial charge is 0.224 e. The number of halogens is 2. The molecule has 0 amide bonds. The summed E-state index contributed by atoms with van der Waals surface area (Å²) in [7, 11) is -6.60. The van der Waals surface area contributed by atoms with Gasteiger partial charge in [-0.15, -0.1) is 0 Å². The largest absolute Gasteiger partial charge is 0.249 e. The molecule has 2 rings (SSSR count). The lowest BCUT2D eigenvalue weighted by atomic mass is 10.1. The first-order valence-corrected chi connectivity index (χ1v) is 10.5. The molecule has 0 fully saturated rings. The van der Waals surface area contributed by atoms with E-state index >= 15 is 0 Å². The molecule has 0 aliphatic heterocycles. The number of hydrogen-bond donors (Lipinski definition) is 0. The Morgan fingerprint density at radius 1 is 0.920 bits per heavy atom. The van der Waals surface area contributed by atoms with E-state index in [0.29, 0.717) is 5.56 Å². The standard InChI is InChI=1S/C16H17F2NO4S2/c1-11(12-7-9-13(10-8-12)24(3,20)21)19(2)25(22,23)16-14(17)5-4-6-15(16)18/h4-11H,1-3H3. The summed E-state index contributed by atoms with van der Waals surface area (Å²) in [6.45, 7) is 1.53. The predicted octanol–water partition coefficient (Wildman–Crippen LogP) is 2.75. The summed E-state index contributed by atoms with van der Waals surface area (Å²) in [6, 6.07) is 7.69. The Morgan fingerprint density at radius 3 is 1.84 bits per heavy atom. The Labute approximate surface area is 145 Å². The van der Waals surface area contributed by atoms with E-state index in [1.54, 1.807) is 0 Å². The second kappa shape index (κ2) is 6.81. The maximum Gasteiger partial charge on any atom is 0.249 e. The highest BCUT2D eigenvalue weighted by atomic mass is 32.2. The van der Waals surface area contributed by atoms with Crippen molar-refractivity contribution in [3.63, 3.8) is 0 Å². The highest BCUT2D eigenvalue weighted by Gasteiger charge is 2.31. The fourth-order valence-electron chi connectivity index (χ4n) is 2.28. The van der Waals surface area contributed by atoms with Gasteiger partial charge >= 0.3 is 0 Å². The summed E-state index contributed by atoms with van der Waals surface area (Å²) in [4.78, 5) is -0.925. The van der Waals surface area contributed by atoms with Crippen molar-refractivity contribution in [2.45, 2.75) is 22.8 Å². The molecular weight excluding hydrogens is 372 g/mol. The minimum atomic E-state index is -4.42. The van der Waals surface area contributed by atoms with Crippen LogP contribution in [-0.2, 0) is 19.9 Å². The average Bonchev–Trinajstić information content (AvgIpc) is 2.52. The maximum atomic E-state index is 13.8. The molecule has 25 heavy (non-hydrogen) atoms. The molecule has 5 nitrogen and oxygen atoms in total. The number of nitrogens with zero attached hydrogens (tertiary/aromatic N) is 1. The molecule has 1 atom stereocenters. The van der Waals surface area contributed by atoms with E-state index < -0.39 is 42.4 Å². The lowest BCUT2D eigenvalue weighted by Gasteiger charge is -2.25. The molecule has 0 aliphatic rings. The van der Waals surface area contributed by atoms with Crippen molar-refractivity contribution < 1.29 is 25.6 Å². The molecule has 0 aliphatic carbocycles. The molecule has 1 unspecified atom stereocenters. The zero-order valence-corrected chi connectivity index (χ0v) is 15.4. The first kappa shape index (κ1) is 19.5. The van der Waals surface area contributed by atoms with Gasteiger partial charge in [0.1, 0.15) is 11.6 Å². The zero-order valence-electron chi connectivity index (χ0n) is 13.8. The Kier molecular flexibility index (Phi) is 5.31.